The van der Waals surface area contributed by atoms with Crippen molar-refractivity contribution in [1.82, 2.24) is 5.32 Å². The van der Waals surface area contributed by atoms with E-state index in [-0.39, 0.29) is 24.4 Å². The van der Waals surface area contributed by atoms with E-state index in [0.29, 0.717) is 6.61 Å². The predicted molar refractivity (Wildman–Crippen MR) is 68.5 cm³/mol. The summed E-state index contributed by atoms with van der Waals surface area (Å²) in [7, 11) is 0. The molecule has 1 amide bonds. The van der Waals surface area contributed by atoms with Crippen LogP contribution in [0.5, 0.6) is 5.75 Å². The topological polar surface area (TPSA) is 64.4 Å². The molecule has 3 N–H and O–H groups in total. The monoisotopic (exact) mass is 256 g/mol. The van der Waals surface area contributed by atoms with Gasteiger partial charge in [0.1, 0.15) is 12.4 Å². The molecule has 1 heterocycles. The van der Waals surface area contributed by atoms with Crippen molar-refractivity contribution in [1.29, 1.82) is 0 Å². The predicted octanol–water partition coefficient (Wildman–Crippen LogP) is 0.875. The number of nitrogens with two attached hydrogens (primary N) is 1. The van der Waals surface area contributed by atoms with Gasteiger partial charge in [0.15, 0.2) is 0 Å². The molecule has 1 aliphatic heterocycles. The summed E-state index contributed by atoms with van der Waals surface area (Å²) in [6.07, 6.45) is 0.800. The number of halogens is 1. The smallest absolute Gasteiger partial charge is 0.236 e. The second-order valence-electron chi connectivity index (χ2n) is 4.12. The molecule has 0 fully saturated rings. The van der Waals surface area contributed by atoms with Crippen LogP contribution in [-0.2, 0) is 11.2 Å². The molecule has 1 aromatic rings. The minimum absolute atomic E-state index is 0. The molecule has 0 saturated carbocycles. The lowest BCUT2D eigenvalue weighted by Crippen LogP contribution is -2.48. The molecule has 0 bridgehead atoms. The van der Waals surface area contributed by atoms with E-state index < -0.39 is 6.04 Å². The first-order valence-electron chi connectivity index (χ1n) is 5.43. The third kappa shape index (κ3) is 3.35. The quantitative estimate of drug-likeness (QED) is 0.826. The molecule has 0 spiro atoms. The molecule has 1 aliphatic rings. The van der Waals surface area contributed by atoms with Gasteiger partial charge in [-0.1, -0.05) is 18.2 Å². The fourth-order valence-electron chi connectivity index (χ4n) is 1.75. The van der Waals surface area contributed by atoms with Crippen LogP contribution in [0.4, 0.5) is 0 Å². The molecule has 1 unspecified atom stereocenters. The van der Waals surface area contributed by atoms with Crippen molar-refractivity contribution < 1.29 is 9.53 Å². The molecular formula is C12H17ClN2O2. The molecule has 0 radical (unpaired) electrons. The van der Waals surface area contributed by atoms with Gasteiger partial charge in [0.25, 0.3) is 0 Å². The third-order valence-electron chi connectivity index (χ3n) is 2.64. The second-order valence-corrected chi connectivity index (χ2v) is 4.12. The number of benzene rings is 1. The maximum Gasteiger partial charge on any atom is 0.236 e. The number of carbonyl (C=O) groups excluding carboxylic acids is 1. The van der Waals surface area contributed by atoms with E-state index >= 15 is 0 Å². The number of hydrogen-bond donors (Lipinski definition) is 2. The lowest BCUT2D eigenvalue weighted by atomic mass is 10.0. The molecule has 2 atom stereocenters. The van der Waals surface area contributed by atoms with Crippen LogP contribution in [-0.4, -0.2) is 24.6 Å². The van der Waals surface area contributed by atoms with Crippen LogP contribution in [0.3, 0.4) is 0 Å². The summed E-state index contributed by atoms with van der Waals surface area (Å²) >= 11 is 0. The van der Waals surface area contributed by atoms with Crippen molar-refractivity contribution in [2.75, 3.05) is 6.61 Å². The summed E-state index contributed by atoms with van der Waals surface area (Å²) < 4.78 is 5.56. The van der Waals surface area contributed by atoms with E-state index in [1.165, 1.54) is 0 Å². The van der Waals surface area contributed by atoms with Gasteiger partial charge in [-0.25, -0.2) is 0 Å². The number of hydrogen-bond acceptors (Lipinski definition) is 3. The Morgan fingerprint density at radius 3 is 2.94 bits per heavy atom. The van der Waals surface area contributed by atoms with Crippen molar-refractivity contribution in [3.63, 3.8) is 0 Å². The highest BCUT2D eigenvalue weighted by atomic mass is 35.5. The van der Waals surface area contributed by atoms with Gasteiger partial charge in [-0.3, -0.25) is 4.79 Å². The lowest BCUT2D eigenvalue weighted by molar-refractivity contribution is -0.123. The number of rotatable bonds is 2. The zero-order chi connectivity index (χ0) is 11.5. The average molecular weight is 257 g/mol. The first-order valence-corrected chi connectivity index (χ1v) is 5.43. The van der Waals surface area contributed by atoms with Crippen LogP contribution in [0.15, 0.2) is 24.3 Å². The third-order valence-corrected chi connectivity index (χ3v) is 2.64. The summed E-state index contributed by atoms with van der Waals surface area (Å²) in [5.41, 5.74) is 6.62. The largest absolute Gasteiger partial charge is 0.491 e. The molecular weight excluding hydrogens is 240 g/mol. The minimum Gasteiger partial charge on any atom is -0.491 e. The minimum atomic E-state index is -0.475. The maximum absolute atomic E-state index is 11.4. The summed E-state index contributed by atoms with van der Waals surface area (Å²) in [5.74, 6) is 0.779. The average Bonchev–Trinajstić information content (AvgIpc) is 2.28. The van der Waals surface area contributed by atoms with Crippen molar-refractivity contribution in [2.45, 2.75) is 25.4 Å². The molecule has 5 heteroatoms. The Kier molecular flexibility index (Phi) is 4.78. The zero-order valence-electron chi connectivity index (χ0n) is 9.68. The Balaban J connectivity index is 0.00000144. The van der Waals surface area contributed by atoms with Gasteiger partial charge in [0.05, 0.1) is 12.1 Å². The Hall–Kier alpha value is -1.26. The Bertz CT molecular complexity index is 396. The fraction of sp³-hybridized carbons (Fsp3) is 0.417. The van der Waals surface area contributed by atoms with E-state index in [9.17, 15) is 4.79 Å². The van der Waals surface area contributed by atoms with Gasteiger partial charge in [0.2, 0.25) is 5.91 Å². The van der Waals surface area contributed by atoms with Crippen molar-refractivity contribution in [2.24, 2.45) is 5.73 Å². The van der Waals surface area contributed by atoms with Gasteiger partial charge >= 0.3 is 0 Å². The summed E-state index contributed by atoms with van der Waals surface area (Å²) in [4.78, 5) is 11.4. The second kappa shape index (κ2) is 5.89. The molecule has 0 aromatic heterocycles. The molecule has 17 heavy (non-hydrogen) atoms. The van der Waals surface area contributed by atoms with Gasteiger partial charge in [-0.05, 0) is 25.0 Å². The number of para-hydroxylation sites is 1. The Labute approximate surface area is 107 Å². The Morgan fingerprint density at radius 1 is 1.53 bits per heavy atom. The van der Waals surface area contributed by atoms with E-state index in [2.05, 4.69) is 5.32 Å². The first-order chi connectivity index (χ1) is 7.66. The van der Waals surface area contributed by atoms with Gasteiger partial charge in [0, 0.05) is 0 Å². The number of nitrogens with one attached hydrogen (secondary N) is 1. The van der Waals surface area contributed by atoms with Crippen LogP contribution in [0.25, 0.3) is 0 Å². The van der Waals surface area contributed by atoms with Gasteiger partial charge in [-0.15, -0.1) is 12.4 Å². The van der Waals surface area contributed by atoms with Crippen LogP contribution in [0.1, 0.15) is 12.5 Å². The summed E-state index contributed by atoms with van der Waals surface area (Å²) in [5, 5.41) is 2.87. The fourth-order valence-corrected chi connectivity index (χ4v) is 1.75. The van der Waals surface area contributed by atoms with Crippen molar-refractivity contribution in [3.8, 4) is 5.75 Å². The number of fused-ring (bicyclic) bond motifs is 1. The summed E-state index contributed by atoms with van der Waals surface area (Å²) in [6.45, 7) is 2.18. The number of amides is 1. The Morgan fingerprint density at radius 2 is 2.24 bits per heavy atom. The number of ether oxygens (including phenoxy) is 1. The maximum atomic E-state index is 11.4. The van der Waals surface area contributed by atoms with Crippen molar-refractivity contribution in [3.05, 3.63) is 29.8 Å². The highest BCUT2D eigenvalue weighted by Crippen LogP contribution is 2.23. The first kappa shape index (κ1) is 13.8. The molecule has 0 aliphatic carbocycles. The van der Waals surface area contributed by atoms with Crippen LogP contribution >= 0.6 is 12.4 Å². The zero-order valence-corrected chi connectivity index (χ0v) is 10.5. The molecule has 1 aromatic carbocycles. The molecule has 94 valence electrons. The molecule has 4 nitrogen and oxygen atoms in total. The number of carbonyl (C=O) groups is 1. The summed E-state index contributed by atoms with van der Waals surface area (Å²) in [6, 6.07) is 7.42. The van der Waals surface area contributed by atoms with Gasteiger partial charge < -0.3 is 15.8 Å². The van der Waals surface area contributed by atoms with Crippen LogP contribution in [0, 0.1) is 0 Å². The van der Waals surface area contributed by atoms with Crippen molar-refractivity contribution >= 4 is 18.3 Å². The van der Waals surface area contributed by atoms with Gasteiger partial charge in [-0.2, -0.15) is 0 Å². The molecule has 0 saturated heterocycles. The van der Waals surface area contributed by atoms with E-state index in [4.69, 9.17) is 10.5 Å². The lowest BCUT2D eigenvalue weighted by Gasteiger charge is -2.26. The van der Waals surface area contributed by atoms with E-state index in [0.717, 1.165) is 17.7 Å². The van der Waals surface area contributed by atoms with E-state index in [1.807, 2.05) is 24.3 Å². The van der Waals surface area contributed by atoms with Crippen LogP contribution < -0.4 is 15.8 Å². The van der Waals surface area contributed by atoms with E-state index in [1.54, 1.807) is 6.92 Å². The standard InChI is InChI=1S/C12H16N2O2.ClH/c1-8(13)12(15)14-10-6-9-4-2-3-5-11(9)16-7-10;/h2-5,8,10H,6-7,13H2,1H3,(H,14,15);1H/t8-,10?;/m1./s1. The van der Waals surface area contributed by atoms with Crippen LogP contribution in [0.2, 0.25) is 0 Å². The molecule has 2 rings (SSSR count). The highest BCUT2D eigenvalue weighted by molar-refractivity contribution is 5.85. The SMILES string of the molecule is C[C@@H](N)C(=O)NC1COc2ccccc2C1.Cl. The normalized spacial score (nSPS) is 19.3. The highest BCUT2D eigenvalue weighted by Gasteiger charge is 2.21.